The minimum Gasteiger partial charge on any atom is -0.347 e. The largest absolute Gasteiger partial charge is 0.347 e. The van der Waals surface area contributed by atoms with Crippen molar-refractivity contribution in [1.29, 1.82) is 0 Å². The fourth-order valence-corrected chi connectivity index (χ4v) is 5.49. The Morgan fingerprint density at radius 1 is 0.968 bits per heavy atom. The van der Waals surface area contributed by atoms with Gasteiger partial charge in [-0.25, -0.2) is 12.8 Å². The molecule has 0 bridgehead atoms. The molecular weight excluding hydrogens is 421 g/mol. The molecule has 2 aromatic carbocycles. The van der Waals surface area contributed by atoms with Crippen molar-refractivity contribution in [2.24, 2.45) is 0 Å². The van der Waals surface area contributed by atoms with Gasteiger partial charge in [0.25, 0.3) is 5.91 Å². The van der Waals surface area contributed by atoms with Crippen molar-refractivity contribution >= 4 is 27.5 Å². The molecule has 9 heteroatoms. The number of benzene rings is 2. The van der Waals surface area contributed by atoms with Gasteiger partial charge in [0, 0.05) is 37.3 Å². The molecule has 2 saturated heterocycles. The molecule has 1 atom stereocenters. The second-order valence-electron chi connectivity index (χ2n) is 7.84. The molecule has 0 spiro atoms. The number of piperidine rings is 1. The van der Waals surface area contributed by atoms with Crippen LogP contribution in [0.25, 0.3) is 0 Å². The minimum absolute atomic E-state index is 0.143. The first-order valence-electron chi connectivity index (χ1n) is 10.3. The number of rotatable bonds is 5. The summed E-state index contributed by atoms with van der Waals surface area (Å²) in [5.41, 5.74) is 0.903. The molecule has 0 saturated carbocycles. The highest BCUT2D eigenvalue weighted by Gasteiger charge is 2.32. The van der Waals surface area contributed by atoms with E-state index >= 15 is 0 Å². The van der Waals surface area contributed by atoms with Crippen LogP contribution in [0, 0.1) is 5.82 Å². The maximum Gasteiger partial charge on any atom is 0.251 e. The van der Waals surface area contributed by atoms with Crippen LogP contribution in [-0.2, 0) is 14.8 Å². The summed E-state index contributed by atoms with van der Waals surface area (Å²) in [6.07, 6.45) is 2.89. The smallest absolute Gasteiger partial charge is 0.251 e. The van der Waals surface area contributed by atoms with Crippen molar-refractivity contribution in [2.75, 3.05) is 24.5 Å². The Morgan fingerprint density at radius 3 is 2.26 bits per heavy atom. The average Bonchev–Trinajstić information content (AvgIpc) is 3.14. The summed E-state index contributed by atoms with van der Waals surface area (Å²) < 4.78 is 40.1. The molecule has 4 rings (SSSR count). The summed E-state index contributed by atoms with van der Waals surface area (Å²) >= 11 is 0. The molecule has 2 aliphatic heterocycles. The molecule has 0 radical (unpaired) electrons. The topological polar surface area (TPSA) is 86.8 Å². The Labute approximate surface area is 180 Å². The van der Waals surface area contributed by atoms with Gasteiger partial charge >= 0.3 is 0 Å². The molecule has 7 nitrogen and oxygen atoms in total. The van der Waals surface area contributed by atoms with Gasteiger partial charge in [-0.1, -0.05) is 6.42 Å². The fraction of sp³-hybridized carbons (Fsp3) is 0.364. The van der Waals surface area contributed by atoms with Crippen LogP contribution in [-0.4, -0.2) is 50.2 Å². The summed E-state index contributed by atoms with van der Waals surface area (Å²) in [5.74, 6) is -0.911. The van der Waals surface area contributed by atoms with Crippen LogP contribution in [0.5, 0.6) is 0 Å². The van der Waals surface area contributed by atoms with Crippen LogP contribution >= 0.6 is 0 Å². The van der Waals surface area contributed by atoms with Gasteiger partial charge in [0.2, 0.25) is 15.9 Å². The zero-order valence-corrected chi connectivity index (χ0v) is 17.8. The van der Waals surface area contributed by atoms with Gasteiger partial charge in [-0.05, 0) is 61.4 Å². The molecule has 2 heterocycles. The maximum atomic E-state index is 13.1. The summed E-state index contributed by atoms with van der Waals surface area (Å²) in [7, 11) is -3.55. The first-order chi connectivity index (χ1) is 14.8. The van der Waals surface area contributed by atoms with Gasteiger partial charge in [-0.2, -0.15) is 4.31 Å². The van der Waals surface area contributed by atoms with E-state index in [-0.39, 0.29) is 41.5 Å². The van der Waals surface area contributed by atoms with Crippen molar-refractivity contribution in [1.82, 2.24) is 9.62 Å². The van der Waals surface area contributed by atoms with Crippen molar-refractivity contribution in [3.05, 3.63) is 59.9 Å². The Kier molecular flexibility index (Phi) is 6.06. The van der Waals surface area contributed by atoms with Gasteiger partial charge in [-0.3, -0.25) is 9.59 Å². The second-order valence-corrected chi connectivity index (χ2v) is 9.78. The highest BCUT2D eigenvalue weighted by atomic mass is 32.2. The predicted octanol–water partition coefficient (Wildman–Crippen LogP) is 2.54. The van der Waals surface area contributed by atoms with Crippen LogP contribution in [0.4, 0.5) is 10.1 Å². The highest BCUT2D eigenvalue weighted by Crippen LogP contribution is 2.23. The summed E-state index contributed by atoms with van der Waals surface area (Å²) in [6.45, 7) is 1.33. The number of hydrogen-bond donors (Lipinski definition) is 1. The van der Waals surface area contributed by atoms with E-state index in [4.69, 9.17) is 0 Å². The SMILES string of the molecule is O=C(N[C@H]1CC(=O)N(c2ccc(F)cc2)C1)c1ccc(S(=O)(=O)N2CCCCC2)cc1. The molecule has 0 aromatic heterocycles. The number of carbonyl (C=O) groups excluding carboxylic acids is 2. The van der Waals surface area contributed by atoms with E-state index < -0.39 is 10.0 Å². The lowest BCUT2D eigenvalue weighted by molar-refractivity contribution is -0.117. The van der Waals surface area contributed by atoms with E-state index in [0.717, 1.165) is 19.3 Å². The van der Waals surface area contributed by atoms with Gasteiger partial charge in [0.05, 0.1) is 10.9 Å². The lowest BCUT2D eigenvalue weighted by Crippen LogP contribution is -2.37. The number of nitrogens with one attached hydrogen (secondary N) is 1. The highest BCUT2D eigenvalue weighted by molar-refractivity contribution is 7.89. The monoisotopic (exact) mass is 445 g/mol. The van der Waals surface area contributed by atoms with Crippen LogP contribution in [0.15, 0.2) is 53.4 Å². The maximum absolute atomic E-state index is 13.1. The number of anilines is 1. The lowest BCUT2D eigenvalue weighted by atomic mass is 10.2. The van der Waals surface area contributed by atoms with Crippen LogP contribution in [0.2, 0.25) is 0 Å². The van der Waals surface area contributed by atoms with Crippen LogP contribution in [0.1, 0.15) is 36.0 Å². The molecule has 0 unspecified atom stereocenters. The van der Waals surface area contributed by atoms with Crippen molar-refractivity contribution < 1.29 is 22.4 Å². The molecule has 2 aromatic rings. The van der Waals surface area contributed by atoms with Gasteiger partial charge in [0.15, 0.2) is 0 Å². The van der Waals surface area contributed by atoms with Crippen molar-refractivity contribution in [3.63, 3.8) is 0 Å². The molecule has 0 aliphatic carbocycles. The Balaban J connectivity index is 1.40. The standard InChI is InChI=1S/C22H24FN3O4S/c23-17-6-8-19(9-7-17)26-15-18(14-21(26)27)24-22(28)16-4-10-20(11-5-16)31(29,30)25-12-2-1-3-13-25/h4-11,18H,1-3,12-15H2,(H,24,28)/t18-/m0/s1. The molecule has 164 valence electrons. The second kappa shape index (κ2) is 8.76. The van der Waals surface area contributed by atoms with E-state index in [1.807, 2.05) is 0 Å². The average molecular weight is 446 g/mol. The Morgan fingerprint density at radius 2 is 1.61 bits per heavy atom. The molecule has 2 aliphatic rings. The van der Waals surface area contributed by atoms with Gasteiger partial charge < -0.3 is 10.2 Å². The molecular formula is C22H24FN3O4S. The van der Waals surface area contributed by atoms with E-state index in [9.17, 15) is 22.4 Å². The Bertz CT molecular complexity index is 1060. The molecule has 31 heavy (non-hydrogen) atoms. The third kappa shape index (κ3) is 4.62. The molecule has 2 fully saturated rings. The van der Waals surface area contributed by atoms with Crippen LogP contribution in [0.3, 0.4) is 0 Å². The summed E-state index contributed by atoms with van der Waals surface area (Å²) in [6, 6.07) is 11.1. The summed E-state index contributed by atoms with van der Waals surface area (Å²) in [5, 5.41) is 2.82. The quantitative estimate of drug-likeness (QED) is 0.766. The summed E-state index contributed by atoms with van der Waals surface area (Å²) in [4.78, 5) is 26.6. The number of amides is 2. The minimum atomic E-state index is -3.55. The fourth-order valence-electron chi connectivity index (χ4n) is 3.98. The zero-order valence-electron chi connectivity index (χ0n) is 17.0. The molecule has 2 amide bonds. The third-order valence-corrected chi connectivity index (χ3v) is 7.58. The van der Waals surface area contributed by atoms with E-state index in [2.05, 4.69) is 5.32 Å². The lowest BCUT2D eigenvalue weighted by Gasteiger charge is -2.25. The van der Waals surface area contributed by atoms with E-state index in [1.54, 1.807) is 0 Å². The van der Waals surface area contributed by atoms with Crippen LogP contribution < -0.4 is 10.2 Å². The van der Waals surface area contributed by atoms with Crippen molar-refractivity contribution in [2.45, 2.75) is 36.6 Å². The van der Waals surface area contributed by atoms with Crippen molar-refractivity contribution in [3.8, 4) is 0 Å². The first kappa shape index (κ1) is 21.5. The van der Waals surface area contributed by atoms with Gasteiger partial charge in [-0.15, -0.1) is 0 Å². The van der Waals surface area contributed by atoms with E-state index in [1.165, 1.54) is 57.7 Å². The number of halogens is 1. The first-order valence-corrected chi connectivity index (χ1v) is 11.8. The predicted molar refractivity (Wildman–Crippen MR) is 114 cm³/mol. The zero-order chi connectivity index (χ0) is 22.0. The van der Waals surface area contributed by atoms with E-state index in [0.29, 0.717) is 24.3 Å². The normalized spacial score (nSPS) is 20.1. The number of carbonyl (C=O) groups is 2. The number of sulfonamides is 1. The third-order valence-electron chi connectivity index (χ3n) is 5.67. The molecule has 1 N–H and O–H groups in total. The number of nitrogens with zero attached hydrogens (tertiary/aromatic N) is 2. The number of hydrogen-bond acceptors (Lipinski definition) is 4. The van der Waals surface area contributed by atoms with Gasteiger partial charge in [0.1, 0.15) is 5.82 Å². The Hall–Kier alpha value is -2.78.